The topological polar surface area (TPSA) is 91.7 Å². The SMILES string of the molecule is CCn1cc(N)cc1C(=O)N1CC(O)C(O)C1. The van der Waals surface area contributed by atoms with Gasteiger partial charge in [0.2, 0.25) is 0 Å². The first-order valence-corrected chi connectivity index (χ1v) is 5.64. The molecule has 2 heterocycles. The molecule has 6 nitrogen and oxygen atoms in total. The van der Waals surface area contributed by atoms with Crippen LogP contribution in [0.3, 0.4) is 0 Å². The minimum Gasteiger partial charge on any atom is -0.397 e. The number of nitrogen functional groups attached to an aromatic ring is 1. The van der Waals surface area contributed by atoms with Crippen LogP contribution in [-0.4, -0.2) is 50.9 Å². The van der Waals surface area contributed by atoms with Crippen molar-refractivity contribution in [3.05, 3.63) is 18.0 Å². The molecule has 0 radical (unpaired) electrons. The highest BCUT2D eigenvalue weighted by atomic mass is 16.3. The van der Waals surface area contributed by atoms with Gasteiger partial charge in [0.15, 0.2) is 0 Å². The quantitative estimate of drug-likeness (QED) is 0.634. The van der Waals surface area contributed by atoms with E-state index in [1.165, 1.54) is 4.90 Å². The highest BCUT2D eigenvalue weighted by Gasteiger charge is 2.33. The summed E-state index contributed by atoms with van der Waals surface area (Å²) in [5, 5.41) is 18.8. The van der Waals surface area contributed by atoms with Gasteiger partial charge in [0.25, 0.3) is 5.91 Å². The summed E-state index contributed by atoms with van der Waals surface area (Å²) in [5.74, 6) is -0.209. The Morgan fingerprint density at radius 2 is 2.06 bits per heavy atom. The number of aryl methyl sites for hydroxylation is 1. The number of nitrogens with zero attached hydrogens (tertiary/aromatic N) is 2. The molecule has 0 aliphatic carbocycles. The Kier molecular flexibility index (Phi) is 3.08. The molecule has 1 aromatic rings. The zero-order valence-electron chi connectivity index (χ0n) is 9.71. The molecule has 17 heavy (non-hydrogen) atoms. The van der Waals surface area contributed by atoms with Gasteiger partial charge in [-0.2, -0.15) is 0 Å². The second-order valence-corrected chi connectivity index (χ2v) is 4.29. The summed E-state index contributed by atoms with van der Waals surface area (Å²) in [6.07, 6.45) is -0.0152. The normalized spacial score (nSPS) is 24.3. The number of rotatable bonds is 2. The standard InChI is InChI=1S/C11H17N3O3/c1-2-13-4-7(12)3-8(13)11(17)14-5-9(15)10(16)6-14/h3-4,9-10,15-16H,2,5-6,12H2,1H3. The molecule has 0 saturated carbocycles. The predicted octanol–water partition coefficient (Wildman–Crippen LogP) is -0.732. The van der Waals surface area contributed by atoms with E-state index in [4.69, 9.17) is 5.73 Å². The fraction of sp³-hybridized carbons (Fsp3) is 0.545. The first-order chi connectivity index (χ1) is 8.02. The number of amides is 1. The molecule has 1 aliphatic heterocycles. The van der Waals surface area contributed by atoms with Crippen LogP contribution in [0.1, 0.15) is 17.4 Å². The highest BCUT2D eigenvalue weighted by molar-refractivity contribution is 5.94. The number of aliphatic hydroxyl groups excluding tert-OH is 2. The van der Waals surface area contributed by atoms with Crippen LogP contribution in [0.15, 0.2) is 12.3 Å². The molecule has 2 unspecified atom stereocenters. The van der Waals surface area contributed by atoms with Gasteiger partial charge in [-0.1, -0.05) is 0 Å². The fourth-order valence-corrected chi connectivity index (χ4v) is 2.07. The van der Waals surface area contributed by atoms with Crippen molar-refractivity contribution in [1.29, 1.82) is 0 Å². The molecule has 94 valence electrons. The van der Waals surface area contributed by atoms with Gasteiger partial charge in [-0.15, -0.1) is 0 Å². The van der Waals surface area contributed by atoms with E-state index in [-0.39, 0.29) is 19.0 Å². The number of nitrogens with two attached hydrogens (primary N) is 1. The van der Waals surface area contributed by atoms with Gasteiger partial charge in [0, 0.05) is 25.8 Å². The van der Waals surface area contributed by atoms with Crippen LogP contribution in [0.4, 0.5) is 5.69 Å². The van der Waals surface area contributed by atoms with Gasteiger partial charge in [-0.3, -0.25) is 4.79 Å². The van der Waals surface area contributed by atoms with Gasteiger partial charge in [-0.25, -0.2) is 0 Å². The first kappa shape index (κ1) is 11.9. The zero-order chi connectivity index (χ0) is 12.6. The maximum atomic E-state index is 12.2. The lowest BCUT2D eigenvalue weighted by molar-refractivity contribution is 0.0572. The minimum absolute atomic E-state index is 0.162. The number of aromatic nitrogens is 1. The van der Waals surface area contributed by atoms with Crippen molar-refractivity contribution < 1.29 is 15.0 Å². The Morgan fingerprint density at radius 3 is 2.59 bits per heavy atom. The van der Waals surface area contributed by atoms with Crippen LogP contribution in [0.25, 0.3) is 0 Å². The number of likely N-dealkylation sites (tertiary alicyclic amines) is 1. The number of anilines is 1. The first-order valence-electron chi connectivity index (χ1n) is 5.64. The monoisotopic (exact) mass is 239 g/mol. The van der Waals surface area contributed by atoms with E-state index in [9.17, 15) is 15.0 Å². The largest absolute Gasteiger partial charge is 0.397 e. The Hall–Kier alpha value is -1.53. The molecule has 1 saturated heterocycles. The Morgan fingerprint density at radius 1 is 1.47 bits per heavy atom. The molecule has 0 aromatic carbocycles. The van der Waals surface area contributed by atoms with Gasteiger partial charge in [0.1, 0.15) is 5.69 Å². The van der Waals surface area contributed by atoms with Crippen molar-refractivity contribution in [3.8, 4) is 0 Å². The van der Waals surface area contributed by atoms with E-state index >= 15 is 0 Å². The predicted molar refractivity (Wildman–Crippen MR) is 62.4 cm³/mol. The minimum atomic E-state index is -0.860. The second kappa shape index (κ2) is 4.38. The van der Waals surface area contributed by atoms with Gasteiger partial charge >= 0.3 is 0 Å². The molecule has 1 aromatic heterocycles. The molecule has 1 aliphatic rings. The average Bonchev–Trinajstić information content (AvgIpc) is 2.82. The summed E-state index contributed by atoms with van der Waals surface area (Å²) in [4.78, 5) is 13.6. The van der Waals surface area contributed by atoms with E-state index < -0.39 is 12.2 Å². The lowest BCUT2D eigenvalue weighted by Crippen LogP contribution is -2.31. The van der Waals surface area contributed by atoms with Crippen molar-refractivity contribution in [3.63, 3.8) is 0 Å². The van der Waals surface area contributed by atoms with Crippen LogP contribution in [0, 0.1) is 0 Å². The average molecular weight is 239 g/mol. The Labute approximate surface area is 99.2 Å². The van der Waals surface area contributed by atoms with E-state index in [1.807, 2.05) is 6.92 Å². The molecular weight excluding hydrogens is 222 g/mol. The lowest BCUT2D eigenvalue weighted by Gasteiger charge is -2.16. The molecule has 2 atom stereocenters. The van der Waals surface area contributed by atoms with Crippen molar-refractivity contribution >= 4 is 11.6 Å². The van der Waals surface area contributed by atoms with Crippen LogP contribution in [-0.2, 0) is 6.54 Å². The smallest absolute Gasteiger partial charge is 0.270 e. The molecule has 0 spiro atoms. The Balaban J connectivity index is 2.20. The fourth-order valence-electron chi connectivity index (χ4n) is 2.07. The molecular formula is C11H17N3O3. The van der Waals surface area contributed by atoms with E-state index in [0.29, 0.717) is 17.9 Å². The van der Waals surface area contributed by atoms with Crippen LogP contribution >= 0.6 is 0 Å². The maximum absolute atomic E-state index is 12.2. The second-order valence-electron chi connectivity index (χ2n) is 4.29. The summed E-state index contributed by atoms with van der Waals surface area (Å²) >= 11 is 0. The number of hydrogen-bond acceptors (Lipinski definition) is 4. The third kappa shape index (κ3) is 2.13. The van der Waals surface area contributed by atoms with Crippen molar-refractivity contribution in [1.82, 2.24) is 9.47 Å². The molecule has 6 heteroatoms. The third-order valence-corrected chi connectivity index (χ3v) is 3.02. The molecule has 1 amide bonds. The summed E-state index contributed by atoms with van der Waals surface area (Å²) in [6.45, 7) is 2.89. The molecule has 0 bridgehead atoms. The van der Waals surface area contributed by atoms with Gasteiger partial charge in [-0.05, 0) is 13.0 Å². The number of hydrogen-bond donors (Lipinski definition) is 3. The summed E-state index contributed by atoms with van der Waals surface area (Å²) in [6, 6.07) is 1.61. The highest BCUT2D eigenvalue weighted by Crippen LogP contribution is 2.17. The third-order valence-electron chi connectivity index (χ3n) is 3.02. The van der Waals surface area contributed by atoms with Crippen molar-refractivity contribution in [2.75, 3.05) is 18.8 Å². The van der Waals surface area contributed by atoms with E-state index in [0.717, 1.165) is 0 Å². The van der Waals surface area contributed by atoms with Gasteiger partial charge in [0.05, 0.1) is 17.9 Å². The summed E-state index contributed by atoms with van der Waals surface area (Å²) in [7, 11) is 0. The number of carbonyl (C=O) groups is 1. The van der Waals surface area contributed by atoms with Crippen LogP contribution < -0.4 is 5.73 Å². The number of aliphatic hydroxyl groups is 2. The van der Waals surface area contributed by atoms with Gasteiger partial charge < -0.3 is 25.4 Å². The summed E-state index contributed by atoms with van der Waals surface area (Å²) < 4.78 is 1.76. The molecule has 2 rings (SSSR count). The lowest BCUT2D eigenvalue weighted by atomic mass is 10.3. The van der Waals surface area contributed by atoms with E-state index in [1.54, 1.807) is 16.8 Å². The van der Waals surface area contributed by atoms with Crippen molar-refractivity contribution in [2.45, 2.75) is 25.7 Å². The zero-order valence-corrected chi connectivity index (χ0v) is 9.71. The number of β-amino-alcohol motifs (C(OH)–C–C–N with tert-alkyl or cyclic N) is 2. The Bertz CT molecular complexity index is 420. The van der Waals surface area contributed by atoms with E-state index in [2.05, 4.69) is 0 Å². The molecule has 4 N–H and O–H groups in total. The maximum Gasteiger partial charge on any atom is 0.270 e. The van der Waals surface area contributed by atoms with Crippen LogP contribution in [0.5, 0.6) is 0 Å². The van der Waals surface area contributed by atoms with Crippen LogP contribution in [0.2, 0.25) is 0 Å². The summed E-state index contributed by atoms with van der Waals surface area (Å²) in [5.41, 5.74) is 6.69. The number of carbonyl (C=O) groups excluding carboxylic acids is 1. The molecule has 1 fully saturated rings. The van der Waals surface area contributed by atoms with Crippen molar-refractivity contribution in [2.24, 2.45) is 0 Å².